The van der Waals surface area contributed by atoms with Gasteiger partial charge in [-0.15, -0.1) is 0 Å². The molecule has 0 radical (unpaired) electrons. The molecule has 0 aliphatic carbocycles. The van der Waals surface area contributed by atoms with Crippen LogP contribution in [-0.2, 0) is 0 Å². The largest absolute Gasteiger partial charge is 0.457 e. The first-order valence-corrected chi connectivity index (χ1v) is 11.6. The van der Waals surface area contributed by atoms with Crippen molar-refractivity contribution in [2.45, 2.75) is 32.2 Å². The molecule has 170 valence electrons. The second-order valence-corrected chi connectivity index (χ2v) is 8.56. The summed E-state index contributed by atoms with van der Waals surface area (Å²) in [7, 11) is 0. The highest BCUT2D eigenvalue weighted by atomic mass is 16.5. The zero-order valence-corrected chi connectivity index (χ0v) is 18.9. The van der Waals surface area contributed by atoms with E-state index in [9.17, 15) is 4.79 Å². The number of likely N-dealkylation sites (tertiary alicyclic amines) is 1. The number of hydrogen-bond donors (Lipinski definition) is 1. The van der Waals surface area contributed by atoms with Gasteiger partial charge in [-0.1, -0.05) is 25.1 Å². The molecule has 4 aromatic rings. The number of fused-ring (bicyclic) bond motifs is 1. The van der Waals surface area contributed by atoms with Crippen LogP contribution in [0.5, 0.6) is 11.5 Å². The number of rotatable bonds is 6. The molecule has 5 rings (SSSR count). The van der Waals surface area contributed by atoms with Gasteiger partial charge in [0, 0.05) is 12.7 Å². The molecule has 1 aliphatic rings. The summed E-state index contributed by atoms with van der Waals surface area (Å²) >= 11 is 0. The lowest BCUT2D eigenvalue weighted by Gasteiger charge is -2.33. The van der Waals surface area contributed by atoms with Crippen molar-refractivity contribution in [1.82, 2.24) is 19.0 Å². The Balaban J connectivity index is 1.55. The van der Waals surface area contributed by atoms with E-state index in [0.29, 0.717) is 17.1 Å². The van der Waals surface area contributed by atoms with E-state index in [-0.39, 0.29) is 11.7 Å². The molecule has 2 aromatic heterocycles. The number of ether oxygens (including phenoxy) is 1. The van der Waals surface area contributed by atoms with Crippen molar-refractivity contribution >= 4 is 16.9 Å². The number of pyridine rings is 1. The normalized spacial score (nSPS) is 16.8. The third kappa shape index (κ3) is 4.12. The highest BCUT2D eigenvalue weighted by Gasteiger charge is 2.27. The van der Waals surface area contributed by atoms with Gasteiger partial charge in [0.05, 0.1) is 17.2 Å². The number of hydrogen-bond acceptors (Lipinski definition) is 5. The molecule has 33 heavy (non-hydrogen) atoms. The maximum atomic E-state index is 13.8. The van der Waals surface area contributed by atoms with Crippen molar-refractivity contribution in [2.24, 2.45) is 0 Å². The van der Waals surface area contributed by atoms with Gasteiger partial charge in [-0.2, -0.15) is 0 Å². The number of benzene rings is 2. The van der Waals surface area contributed by atoms with Gasteiger partial charge in [0.1, 0.15) is 22.8 Å². The van der Waals surface area contributed by atoms with E-state index in [1.54, 1.807) is 10.8 Å². The van der Waals surface area contributed by atoms with Crippen LogP contribution in [0.4, 0.5) is 5.82 Å². The SMILES string of the molecule is CCCN1CCCC(n2c(=O)n(-c3ccc(Oc4ccccc4)cc3)c3c(N)nccc32)C1. The summed E-state index contributed by atoms with van der Waals surface area (Å²) in [5, 5.41) is 0. The fourth-order valence-corrected chi connectivity index (χ4v) is 4.83. The fourth-order valence-electron chi connectivity index (χ4n) is 4.83. The first-order valence-electron chi connectivity index (χ1n) is 11.6. The van der Waals surface area contributed by atoms with Crippen LogP contribution in [0.1, 0.15) is 32.2 Å². The van der Waals surface area contributed by atoms with E-state index >= 15 is 0 Å². The van der Waals surface area contributed by atoms with Crippen molar-refractivity contribution in [2.75, 3.05) is 25.4 Å². The van der Waals surface area contributed by atoms with E-state index < -0.39 is 0 Å². The Bertz CT molecular complexity index is 1290. The molecule has 1 saturated heterocycles. The predicted octanol–water partition coefficient (Wildman–Crippen LogP) is 4.61. The lowest BCUT2D eigenvalue weighted by molar-refractivity contribution is 0.177. The van der Waals surface area contributed by atoms with Gasteiger partial charge in [-0.05, 0) is 74.8 Å². The zero-order chi connectivity index (χ0) is 22.8. The lowest BCUT2D eigenvalue weighted by Crippen LogP contribution is -2.40. The molecule has 2 aromatic carbocycles. The van der Waals surface area contributed by atoms with Gasteiger partial charge in [0.2, 0.25) is 0 Å². The fraction of sp³-hybridized carbons (Fsp3) is 0.308. The Labute approximate surface area is 193 Å². The van der Waals surface area contributed by atoms with Crippen LogP contribution in [0.3, 0.4) is 0 Å². The van der Waals surface area contributed by atoms with Crippen LogP contribution in [0.2, 0.25) is 0 Å². The quantitative estimate of drug-likeness (QED) is 0.471. The van der Waals surface area contributed by atoms with Crippen LogP contribution in [0.15, 0.2) is 71.7 Å². The summed E-state index contributed by atoms with van der Waals surface area (Å²) in [4.78, 5) is 20.5. The summed E-state index contributed by atoms with van der Waals surface area (Å²) in [5.74, 6) is 1.82. The maximum Gasteiger partial charge on any atom is 0.334 e. The molecule has 0 amide bonds. The average Bonchev–Trinajstić information content (AvgIpc) is 3.14. The summed E-state index contributed by atoms with van der Waals surface area (Å²) in [6.45, 7) is 5.21. The number of nitrogens with zero attached hydrogens (tertiary/aromatic N) is 4. The van der Waals surface area contributed by atoms with Crippen LogP contribution >= 0.6 is 0 Å². The van der Waals surface area contributed by atoms with Gasteiger partial charge in [0.25, 0.3) is 0 Å². The molecular formula is C26H29N5O2. The molecule has 1 atom stereocenters. The topological polar surface area (TPSA) is 78.3 Å². The lowest BCUT2D eigenvalue weighted by atomic mass is 10.1. The first-order chi connectivity index (χ1) is 16.2. The number of nitrogens with two attached hydrogens (primary N) is 1. The summed E-state index contributed by atoms with van der Waals surface area (Å²) in [6.07, 6.45) is 4.85. The van der Waals surface area contributed by atoms with Crippen molar-refractivity contribution in [1.29, 1.82) is 0 Å². The highest BCUT2D eigenvalue weighted by Crippen LogP contribution is 2.29. The zero-order valence-electron chi connectivity index (χ0n) is 18.9. The summed E-state index contributed by atoms with van der Waals surface area (Å²) in [6, 6.07) is 19.2. The second kappa shape index (κ2) is 9.11. The minimum absolute atomic E-state index is 0.0789. The van der Waals surface area contributed by atoms with Crippen molar-refractivity contribution in [3.63, 3.8) is 0 Å². The third-order valence-electron chi connectivity index (χ3n) is 6.27. The van der Waals surface area contributed by atoms with Gasteiger partial charge in [0.15, 0.2) is 0 Å². The third-order valence-corrected chi connectivity index (χ3v) is 6.27. The number of nitrogen functional groups attached to an aromatic ring is 1. The molecule has 0 saturated carbocycles. The van der Waals surface area contributed by atoms with Gasteiger partial charge < -0.3 is 15.4 Å². The molecule has 1 aliphatic heterocycles. The Morgan fingerprint density at radius 1 is 1.06 bits per heavy atom. The Kier molecular flexibility index (Phi) is 5.88. The molecule has 7 heteroatoms. The minimum atomic E-state index is -0.0789. The molecular weight excluding hydrogens is 414 g/mol. The number of para-hydroxylation sites is 1. The molecule has 1 unspecified atom stereocenters. The Morgan fingerprint density at radius 2 is 1.82 bits per heavy atom. The van der Waals surface area contributed by atoms with Crippen LogP contribution in [0.25, 0.3) is 16.7 Å². The smallest absolute Gasteiger partial charge is 0.334 e. The molecule has 2 N–H and O–H groups in total. The van der Waals surface area contributed by atoms with Gasteiger partial charge in [-0.25, -0.2) is 9.78 Å². The second-order valence-electron chi connectivity index (χ2n) is 8.56. The highest BCUT2D eigenvalue weighted by molar-refractivity contribution is 5.87. The summed E-state index contributed by atoms with van der Waals surface area (Å²) in [5.41, 5.74) is 8.45. The number of piperidine rings is 1. The first kappa shape index (κ1) is 21.3. The Hall–Kier alpha value is -3.58. The van der Waals surface area contributed by atoms with Crippen molar-refractivity contribution in [3.05, 3.63) is 77.3 Å². The van der Waals surface area contributed by atoms with Crippen LogP contribution in [0, 0.1) is 0 Å². The van der Waals surface area contributed by atoms with Crippen molar-refractivity contribution < 1.29 is 4.74 Å². The molecule has 3 heterocycles. The van der Waals surface area contributed by atoms with E-state index in [2.05, 4.69) is 16.8 Å². The molecule has 0 bridgehead atoms. The number of aromatic nitrogens is 3. The summed E-state index contributed by atoms with van der Waals surface area (Å²) < 4.78 is 9.51. The monoisotopic (exact) mass is 443 g/mol. The molecule has 0 spiro atoms. The molecule has 1 fully saturated rings. The van der Waals surface area contributed by atoms with Crippen LogP contribution in [-0.4, -0.2) is 38.7 Å². The standard InChI is InChI=1S/C26H29N5O2/c1-2-16-29-17-6-7-20(18-29)30-23-14-15-28-25(27)24(23)31(26(30)32)19-10-12-22(13-11-19)33-21-8-4-3-5-9-21/h3-5,8-15,20H,2,6-7,16-18H2,1H3,(H2,27,28). The number of anilines is 1. The van der Waals surface area contributed by atoms with E-state index in [1.165, 1.54) is 0 Å². The number of imidazole rings is 1. The van der Waals surface area contributed by atoms with Gasteiger partial charge >= 0.3 is 5.69 Å². The van der Waals surface area contributed by atoms with Crippen LogP contribution < -0.4 is 16.2 Å². The van der Waals surface area contributed by atoms with Crippen molar-refractivity contribution in [3.8, 4) is 17.2 Å². The van der Waals surface area contributed by atoms with E-state index in [4.69, 9.17) is 10.5 Å². The predicted molar refractivity (Wildman–Crippen MR) is 131 cm³/mol. The van der Waals surface area contributed by atoms with E-state index in [0.717, 1.165) is 55.9 Å². The average molecular weight is 444 g/mol. The molecule has 7 nitrogen and oxygen atoms in total. The van der Waals surface area contributed by atoms with E-state index in [1.807, 2.05) is 65.2 Å². The Morgan fingerprint density at radius 3 is 2.58 bits per heavy atom. The van der Waals surface area contributed by atoms with Gasteiger partial charge in [-0.3, -0.25) is 9.13 Å². The minimum Gasteiger partial charge on any atom is -0.457 e. The maximum absolute atomic E-state index is 13.8.